The number of aromatic nitrogens is 3. The largest absolute Gasteiger partial charge is 0.368 e. The molecule has 1 aromatic carbocycles. The number of halogens is 3. The molecule has 1 saturated heterocycles. The number of nitrogens with zero attached hydrogens (tertiary/aromatic N) is 4. The summed E-state index contributed by atoms with van der Waals surface area (Å²) in [6, 6.07) is 2.65. The Kier molecular flexibility index (Phi) is 6.07. The van der Waals surface area contributed by atoms with Crippen LogP contribution in [-0.2, 0) is 6.54 Å². The first-order chi connectivity index (χ1) is 15.3. The van der Waals surface area contributed by atoms with Gasteiger partial charge in [0.25, 0.3) is 11.5 Å². The van der Waals surface area contributed by atoms with Crippen LogP contribution in [-0.4, -0.2) is 59.0 Å². The molecule has 0 unspecified atom stereocenters. The Morgan fingerprint density at radius 2 is 1.94 bits per heavy atom. The first-order valence-corrected chi connectivity index (χ1v) is 10.4. The molecular weight excluding hydrogens is 442 g/mol. The molecule has 1 aliphatic heterocycles. The van der Waals surface area contributed by atoms with Crippen LogP contribution in [0.15, 0.2) is 23.1 Å². The molecule has 2 aromatic heterocycles. The molecule has 0 bridgehead atoms. The molecule has 3 heterocycles. The Bertz CT molecular complexity index is 1260. The molecule has 32 heavy (non-hydrogen) atoms. The average molecular weight is 463 g/mol. The van der Waals surface area contributed by atoms with Gasteiger partial charge in [-0.05, 0) is 18.6 Å². The van der Waals surface area contributed by atoms with Crippen molar-refractivity contribution in [1.82, 2.24) is 25.2 Å². The number of carbonyl (C=O) groups is 1. The summed E-state index contributed by atoms with van der Waals surface area (Å²) in [5, 5.41) is 2.62. The smallest absolute Gasteiger partial charge is 0.272 e. The summed E-state index contributed by atoms with van der Waals surface area (Å²) in [6.45, 7) is 4.32. The molecule has 2 N–H and O–H groups in total. The summed E-state index contributed by atoms with van der Waals surface area (Å²) in [6.07, 6.45) is 1.48. The maximum absolute atomic E-state index is 14.6. The minimum atomic E-state index is -0.680. The molecule has 168 valence electrons. The highest BCUT2D eigenvalue weighted by molar-refractivity contribution is 6.35. The highest BCUT2D eigenvalue weighted by Gasteiger charge is 2.22. The molecule has 1 amide bonds. The number of aromatic amines is 1. The van der Waals surface area contributed by atoms with Gasteiger partial charge in [-0.3, -0.25) is 14.5 Å². The van der Waals surface area contributed by atoms with Gasteiger partial charge in [-0.2, -0.15) is 0 Å². The van der Waals surface area contributed by atoms with Crippen LogP contribution in [0.4, 0.5) is 14.5 Å². The normalized spacial score (nSPS) is 14.7. The minimum absolute atomic E-state index is 0.0374. The molecule has 0 atom stereocenters. The Labute approximate surface area is 187 Å². The van der Waals surface area contributed by atoms with Gasteiger partial charge in [-0.1, -0.05) is 11.6 Å². The number of H-pyrrole nitrogens is 1. The fourth-order valence-corrected chi connectivity index (χ4v) is 3.97. The fraction of sp³-hybridized carbons (Fsp3) is 0.333. The SMILES string of the molecule is CNC(=O)c1ncc(N2CCN(Cc3cc(F)c4nc(C)c(=O)[nH]c4c3Cl)CC2)cc1F. The molecule has 0 spiro atoms. The van der Waals surface area contributed by atoms with Crippen LogP contribution in [0.1, 0.15) is 21.7 Å². The monoisotopic (exact) mass is 462 g/mol. The van der Waals surface area contributed by atoms with E-state index in [2.05, 4.69) is 25.2 Å². The second kappa shape index (κ2) is 8.79. The number of pyridine rings is 1. The quantitative estimate of drug-likeness (QED) is 0.617. The van der Waals surface area contributed by atoms with E-state index in [1.54, 1.807) is 0 Å². The summed E-state index contributed by atoms with van der Waals surface area (Å²) < 4.78 is 28.8. The van der Waals surface area contributed by atoms with Crippen molar-refractivity contribution in [3.8, 4) is 0 Å². The van der Waals surface area contributed by atoms with Crippen molar-refractivity contribution in [2.45, 2.75) is 13.5 Å². The number of fused-ring (bicyclic) bond motifs is 1. The first kappa shape index (κ1) is 22.1. The lowest BCUT2D eigenvalue weighted by atomic mass is 10.1. The number of anilines is 1. The second-order valence-corrected chi connectivity index (χ2v) is 7.95. The number of piperazine rings is 1. The van der Waals surface area contributed by atoms with E-state index in [4.69, 9.17) is 11.6 Å². The number of hydrogen-bond donors (Lipinski definition) is 2. The Morgan fingerprint density at radius 1 is 1.22 bits per heavy atom. The van der Waals surface area contributed by atoms with Crippen LogP contribution in [0.5, 0.6) is 0 Å². The summed E-state index contributed by atoms with van der Waals surface area (Å²) >= 11 is 6.45. The zero-order valence-corrected chi connectivity index (χ0v) is 18.3. The van der Waals surface area contributed by atoms with Crippen molar-refractivity contribution in [1.29, 1.82) is 0 Å². The zero-order valence-electron chi connectivity index (χ0n) is 17.5. The van der Waals surface area contributed by atoms with Gasteiger partial charge in [0.15, 0.2) is 17.3 Å². The van der Waals surface area contributed by atoms with Crippen LogP contribution in [0.25, 0.3) is 11.0 Å². The van der Waals surface area contributed by atoms with E-state index in [0.29, 0.717) is 44.0 Å². The van der Waals surface area contributed by atoms with Crippen molar-refractivity contribution < 1.29 is 13.6 Å². The lowest BCUT2D eigenvalue weighted by Gasteiger charge is -2.36. The lowest BCUT2D eigenvalue weighted by Crippen LogP contribution is -2.46. The molecule has 1 aliphatic rings. The van der Waals surface area contributed by atoms with Gasteiger partial charge < -0.3 is 15.2 Å². The standard InChI is InChI=1S/C21H21ClF2N6O2/c1-11-20(31)28-19-16(22)12(7-14(23)17(19)27-11)10-29-3-5-30(6-4-29)13-8-15(24)18(26-9-13)21(32)25-2/h7-9H,3-6,10H2,1-2H3,(H,25,32)(H,28,31). The predicted octanol–water partition coefficient (Wildman–Crippen LogP) is 2.24. The number of hydrogen-bond acceptors (Lipinski definition) is 6. The van der Waals surface area contributed by atoms with Crippen molar-refractivity contribution in [3.05, 3.63) is 62.3 Å². The number of amides is 1. The van der Waals surface area contributed by atoms with Crippen LogP contribution >= 0.6 is 11.6 Å². The summed E-state index contributed by atoms with van der Waals surface area (Å²) in [4.78, 5) is 38.1. The van der Waals surface area contributed by atoms with Crippen LogP contribution in [0.3, 0.4) is 0 Å². The molecule has 8 nitrogen and oxygen atoms in total. The maximum atomic E-state index is 14.6. The van der Waals surface area contributed by atoms with Gasteiger partial charge >= 0.3 is 0 Å². The molecule has 11 heteroatoms. The number of benzene rings is 1. The fourth-order valence-electron chi connectivity index (χ4n) is 3.72. The van der Waals surface area contributed by atoms with E-state index in [-0.39, 0.29) is 27.4 Å². The van der Waals surface area contributed by atoms with Crippen molar-refractivity contribution in [2.75, 3.05) is 38.1 Å². The van der Waals surface area contributed by atoms with Crippen molar-refractivity contribution >= 4 is 34.2 Å². The third kappa shape index (κ3) is 4.15. The zero-order chi connectivity index (χ0) is 23.0. The summed E-state index contributed by atoms with van der Waals surface area (Å²) in [5.74, 6) is -1.80. The molecule has 0 radical (unpaired) electrons. The molecule has 4 rings (SSSR count). The van der Waals surface area contributed by atoms with Gasteiger partial charge in [0.1, 0.15) is 11.2 Å². The summed E-state index contributed by atoms with van der Waals surface area (Å²) in [5.41, 5.74) is 0.880. The third-order valence-electron chi connectivity index (χ3n) is 5.51. The van der Waals surface area contributed by atoms with Crippen LogP contribution < -0.4 is 15.8 Å². The Morgan fingerprint density at radius 3 is 2.59 bits per heavy atom. The van der Waals surface area contributed by atoms with Crippen molar-refractivity contribution in [3.63, 3.8) is 0 Å². The van der Waals surface area contributed by atoms with Crippen LogP contribution in [0.2, 0.25) is 5.02 Å². The predicted molar refractivity (Wildman–Crippen MR) is 117 cm³/mol. The van der Waals surface area contributed by atoms with Gasteiger partial charge in [0.2, 0.25) is 0 Å². The van der Waals surface area contributed by atoms with E-state index in [1.165, 1.54) is 32.3 Å². The average Bonchev–Trinajstić information content (AvgIpc) is 2.78. The van der Waals surface area contributed by atoms with E-state index >= 15 is 0 Å². The highest BCUT2D eigenvalue weighted by atomic mass is 35.5. The molecule has 3 aromatic rings. The number of carbonyl (C=O) groups excluding carboxylic acids is 1. The molecular formula is C21H21ClF2N6O2. The summed E-state index contributed by atoms with van der Waals surface area (Å²) in [7, 11) is 1.42. The Balaban J connectivity index is 1.48. The number of rotatable bonds is 4. The number of aryl methyl sites for hydroxylation is 1. The van der Waals surface area contributed by atoms with E-state index in [0.717, 1.165) is 0 Å². The highest BCUT2D eigenvalue weighted by Crippen LogP contribution is 2.28. The third-order valence-corrected chi connectivity index (χ3v) is 5.94. The topological polar surface area (TPSA) is 94.2 Å². The van der Waals surface area contributed by atoms with E-state index in [1.807, 2.05) is 4.90 Å². The van der Waals surface area contributed by atoms with Gasteiger partial charge in [0.05, 0.1) is 22.4 Å². The minimum Gasteiger partial charge on any atom is -0.368 e. The second-order valence-electron chi connectivity index (χ2n) is 7.57. The van der Waals surface area contributed by atoms with Crippen LogP contribution in [0, 0.1) is 18.6 Å². The lowest BCUT2D eigenvalue weighted by molar-refractivity contribution is 0.0953. The van der Waals surface area contributed by atoms with Crippen molar-refractivity contribution in [2.24, 2.45) is 0 Å². The van der Waals surface area contributed by atoms with E-state index < -0.39 is 23.1 Å². The number of nitrogens with one attached hydrogen (secondary N) is 2. The van der Waals surface area contributed by atoms with E-state index in [9.17, 15) is 18.4 Å². The molecule has 0 aliphatic carbocycles. The van der Waals surface area contributed by atoms with Gasteiger partial charge in [0, 0.05) is 45.8 Å². The maximum Gasteiger partial charge on any atom is 0.272 e. The first-order valence-electron chi connectivity index (χ1n) is 10.0. The molecule has 1 fully saturated rings. The molecule has 0 saturated carbocycles. The van der Waals surface area contributed by atoms with Gasteiger partial charge in [-0.25, -0.2) is 18.7 Å². The Hall–Kier alpha value is -3.11. The van der Waals surface area contributed by atoms with Gasteiger partial charge in [-0.15, -0.1) is 0 Å².